The van der Waals surface area contributed by atoms with Crippen LogP contribution in [0.4, 0.5) is 4.39 Å². The summed E-state index contributed by atoms with van der Waals surface area (Å²) in [6.07, 6.45) is 0.611. The maximum atomic E-state index is 13.9. The molecule has 0 saturated heterocycles. The summed E-state index contributed by atoms with van der Waals surface area (Å²) in [4.78, 5) is 0. The van der Waals surface area contributed by atoms with Crippen LogP contribution in [0.15, 0.2) is 10.5 Å². The van der Waals surface area contributed by atoms with Gasteiger partial charge in [0, 0.05) is 10.0 Å². The van der Waals surface area contributed by atoms with Gasteiger partial charge in [-0.15, -0.1) is 0 Å². The molecule has 1 heterocycles. The lowest BCUT2D eigenvalue weighted by Crippen LogP contribution is -2.11. The van der Waals surface area contributed by atoms with E-state index in [-0.39, 0.29) is 18.4 Å². The molecule has 0 bridgehead atoms. The molecule has 0 unspecified atom stereocenters. The second kappa shape index (κ2) is 4.37. The van der Waals surface area contributed by atoms with E-state index in [1.807, 2.05) is 7.05 Å². The minimum absolute atomic E-state index is 0.0914. The molecule has 3 nitrogen and oxygen atoms in total. The van der Waals surface area contributed by atoms with Gasteiger partial charge < -0.3 is 14.8 Å². The van der Waals surface area contributed by atoms with Gasteiger partial charge in [-0.2, -0.15) is 0 Å². The summed E-state index contributed by atoms with van der Waals surface area (Å²) in [6.45, 7) is 0.809. The minimum atomic E-state index is -0.327. The minimum Gasteiger partial charge on any atom is -0.453 e. The molecule has 1 aliphatic heterocycles. The summed E-state index contributed by atoms with van der Waals surface area (Å²) in [5, 5.41) is 2.98. The summed E-state index contributed by atoms with van der Waals surface area (Å²) in [6, 6.07) is 1.75. The van der Waals surface area contributed by atoms with Crippen molar-refractivity contribution in [3.8, 4) is 11.5 Å². The van der Waals surface area contributed by atoms with Gasteiger partial charge in [0.25, 0.3) is 0 Å². The zero-order valence-corrected chi connectivity index (χ0v) is 9.86. The Morgan fingerprint density at radius 1 is 1.53 bits per heavy atom. The standard InChI is InChI=1S/C10H11BrFNO2/c1-13-3-2-6-7(11)4-8-10(9(6)12)15-5-14-8/h4,13H,2-3,5H2,1H3. The van der Waals surface area contributed by atoms with Crippen molar-refractivity contribution in [2.75, 3.05) is 20.4 Å². The molecule has 1 aromatic carbocycles. The number of ether oxygens (including phenoxy) is 2. The first-order valence-corrected chi connectivity index (χ1v) is 5.44. The lowest BCUT2D eigenvalue weighted by molar-refractivity contribution is 0.170. The molecule has 1 N–H and O–H groups in total. The second-order valence-corrected chi connectivity index (χ2v) is 4.09. The van der Waals surface area contributed by atoms with Crippen LogP contribution in [-0.2, 0) is 6.42 Å². The number of hydrogen-bond acceptors (Lipinski definition) is 3. The Morgan fingerprint density at radius 2 is 2.33 bits per heavy atom. The van der Waals surface area contributed by atoms with Gasteiger partial charge in [0.2, 0.25) is 12.5 Å². The van der Waals surface area contributed by atoms with Crippen molar-refractivity contribution in [3.63, 3.8) is 0 Å². The molecule has 0 radical (unpaired) electrons. The highest BCUT2D eigenvalue weighted by Crippen LogP contribution is 2.40. The third kappa shape index (κ3) is 1.94. The van der Waals surface area contributed by atoms with Gasteiger partial charge in [-0.05, 0) is 26.1 Å². The molecular weight excluding hydrogens is 265 g/mol. The molecule has 15 heavy (non-hydrogen) atoms. The zero-order valence-electron chi connectivity index (χ0n) is 8.27. The SMILES string of the molecule is CNCCc1c(Br)cc2c(c1F)OCO2. The molecule has 0 fully saturated rings. The van der Waals surface area contributed by atoms with Crippen molar-refractivity contribution in [1.29, 1.82) is 0 Å². The molecule has 82 valence electrons. The molecule has 0 aliphatic carbocycles. The van der Waals surface area contributed by atoms with E-state index in [0.29, 0.717) is 17.7 Å². The predicted molar refractivity (Wildman–Crippen MR) is 57.9 cm³/mol. The summed E-state index contributed by atoms with van der Waals surface area (Å²) in [7, 11) is 1.83. The van der Waals surface area contributed by atoms with E-state index < -0.39 is 0 Å². The van der Waals surface area contributed by atoms with Crippen molar-refractivity contribution < 1.29 is 13.9 Å². The van der Waals surface area contributed by atoms with Crippen LogP contribution in [0.25, 0.3) is 0 Å². The lowest BCUT2D eigenvalue weighted by atomic mass is 10.1. The first kappa shape index (κ1) is 10.7. The smallest absolute Gasteiger partial charge is 0.231 e. The Balaban J connectivity index is 2.37. The summed E-state index contributed by atoms with van der Waals surface area (Å²) in [5.41, 5.74) is 0.619. The van der Waals surface area contributed by atoms with Gasteiger partial charge in [0.1, 0.15) is 0 Å². The summed E-state index contributed by atoms with van der Waals surface area (Å²) in [5.74, 6) is 0.365. The molecule has 0 atom stereocenters. The molecule has 0 amide bonds. The Labute approximate surface area is 95.7 Å². The molecule has 0 aromatic heterocycles. The number of nitrogens with one attached hydrogen (secondary N) is 1. The van der Waals surface area contributed by atoms with E-state index in [1.54, 1.807) is 6.07 Å². The van der Waals surface area contributed by atoms with Crippen molar-refractivity contribution in [2.45, 2.75) is 6.42 Å². The molecule has 2 rings (SSSR count). The average molecular weight is 276 g/mol. The normalized spacial score (nSPS) is 13.3. The van der Waals surface area contributed by atoms with Crippen LogP contribution in [-0.4, -0.2) is 20.4 Å². The Hall–Kier alpha value is -0.810. The first-order valence-electron chi connectivity index (χ1n) is 4.65. The number of hydrogen-bond donors (Lipinski definition) is 1. The summed E-state index contributed by atoms with van der Waals surface area (Å²) < 4.78 is 24.8. The summed E-state index contributed by atoms with van der Waals surface area (Å²) >= 11 is 3.33. The highest BCUT2D eigenvalue weighted by molar-refractivity contribution is 9.10. The van der Waals surface area contributed by atoms with Crippen LogP contribution in [0, 0.1) is 5.82 Å². The van der Waals surface area contributed by atoms with Gasteiger partial charge in [-0.25, -0.2) is 4.39 Å². The Kier molecular flexibility index (Phi) is 3.11. The third-order valence-corrected chi connectivity index (χ3v) is 2.98. The van der Waals surface area contributed by atoms with Crippen molar-refractivity contribution >= 4 is 15.9 Å². The van der Waals surface area contributed by atoms with E-state index in [9.17, 15) is 4.39 Å². The molecule has 0 saturated carbocycles. The quantitative estimate of drug-likeness (QED) is 0.916. The van der Waals surface area contributed by atoms with E-state index in [0.717, 1.165) is 11.0 Å². The molecule has 1 aliphatic rings. The Morgan fingerprint density at radius 3 is 3.07 bits per heavy atom. The van der Waals surface area contributed by atoms with E-state index >= 15 is 0 Å². The number of benzene rings is 1. The molecule has 0 spiro atoms. The molecule has 1 aromatic rings. The monoisotopic (exact) mass is 275 g/mol. The zero-order chi connectivity index (χ0) is 10.8. The van der Waals surface area contributed by atoms with Crippen molar-refractivity contribution in [3.05, 3.63) is 21.9 Å². The fourth-order valence-corrected chi connectivity index (χ4v) is 2.07. The molecule has 5 heteroatoms. The Bertz CT molecular complexity index is 384. The van der Waals surface area contributed by atoms with Gasteiger partial charge in [-0.1, -0.05) is 15.9 Å². The van der Waals surface area contributed by atoms with Crippen LogP contribution < -0.4 is 14.8 Å². The number of rotatable bonds is 3. The van der Waals surface area contributed by atoms with Gasteiger partial charge >= 0.3 is 0 Å². The van der Waals surface area contributed by atoms with Crippen LogP contribution in [0.1, 0.15) is 5.56 Å². The third-order valence-electron chi connectivity index (χ3n) is 2.28. The number of likely N-dealkylation sites (N-methyl/N-ethyl adjacent to an activating group) is 1. The predicted octanol–water partition coefficient (Wildman–Crippen LogP) is 2.08. The average Bonchev–Trinajstić information content (AvgIpc) is 2.65. The maximum Gasteiger partial charge on any atom is 0.231 e. The van der Waals surface area contributed by atoms with E-state index in [1.165, 1.54) is 0 Å². The van der Waals surface area contributed by atoms with E-state index in [4.69, 9.17) is 9.47 Å². The first-order chi connectivity index (χ1) is 7.24. The van der Waals surface area contributed by atoms with Gasteiger partial charge in [-0.3, -0.25) is 0 Å². The van der Waals surface area contributed by atoms with Gasteiger partial charge in [0.15, 0.2) is 11.6 Å². The number of fused-ring (bicyclic) bond motifs is 1. The molecular formula is C10H11BrFNO2. The van der Waals surface area contributed by atoms with E-state index in [2.05, 4.69) is 21.2 Å². The topological polar surface area (TPSA) is 30.5 Å². The van der Waals surface area contributed by atoms with Crippen LogP contribution in [0.3, 0.4) is 0 Å². The van der Waals surface area contributed by atoms with Crippen LogP contribution in [0.2, 0.25) is 0 Å². The van der Waals surface area contributed by atoms with Crippen LogP contribution >= 0.6 is 15.9 Å². The second-order valence-electron chi connectivity index (χ2n) is 3.24. The van der Waals surface area contributed by atoms with Crippen LogP contribution in [0.5, 0.6) is 11.5 Å². The van der Waals surface area contributed by atoms with Crippen molar-refractivity contribution in [2.24, 2.45) is 0 Å². The highest BCUT2D eigenvalue weighted by Gasteiger charge is 2.23. The maximum absolute atomic E-state index is 13.9. The van der Waals surface area contributed by atoms with Crippen molar-refractivity contribution in [1.82, 2.24) is 5.32 Å². The fraction of sp³-hybridized carbons (Fsp3) is 0.400. The fourth-order valence-electron chi connectivity index (χ4n) is 1.49. The number of halogens is 2. The largest absolute Gasteiger partial charge is 0.453 e. The van der Waals surface area contributed by atoms with Gasteiger partial charge in [0.05, 0.1) is 0 Å². The highest BCUT2D eigenvalue weighted by atomic mass is 79.9. The lowest BCUT2D eigenvalue weighted by Gasteiger charge is -2.08.